The fourth-order valence-electron chi connectivity index (χ4n) is 3.05. The zero-order valence-corrected chi connectivity index (χ0v) is 15.9. The first-order valence-corrected chi connectivity index (χ1v) is 8.99. The summed E-state index contributed by atoms with van der Waals surface area (Å²) in [6, 6.07) is 16.5. The molecule has 2 aromatic carbocycles. The highest BCUT2D eigenvalue weighted by molar-refractivity contribution is 5.81. The van der Waals surface area contributed by atoms with Gasteiger partial charge in [-0.05, 0) is 47.4 Å². The molecule has 1 aliphatic heterocycles. The van der Waals surface area contributed by atoms with Gasteiger partial charge in [0.05, 0.1) is 6.61 Å². The van der Waals surface area contributed by atoms with Crippen LogP contribution >= 0.6 is 0 Å². The Bertz CT molecular complexity index is 931. The third-order valence-electron chi connectivity index (χ3n) is 4.67. The SMILES string of the molecule is CC(/C=C/C1=Cc2cc(-c3ccccc3)ccc2OCC1(C)C)=C\C(=O)O. The number of carboxylic acid groups (broad SMARTS) is 1. The molecule has 3 heteroatoms. The van der Waals surface area contributed by atoms with Crippen LogP contribution in [0.4, 0.5) is 0 Å². The van der Waals surface area contributed by atoms with E-state index < -0.39 is 5.97 Å². The molecule has 3 nitrogen and oxygen atoms in total. The second-order valence-electron chi connectivity index (χ2n) is 7.45. The van der Waals surface area contributed by atoms with E-state index in [1.54, 1.807) is 6.92 Å². The summed E-state index contributed by atoms with van der Waals surface area (Å²) in [5.41, 5.74) is 4.94. The molecule has 27 heavy (non-hydrogen) atoms. The highest BCUT2D eigenvalue weighted by Gasteiger charge is 2.26. The van der Waals surface area contributed by atoms with Crippen molar-refractivity contribution < 1.29 is 14.6 Å². The van der Waals surface area contributed by atoms with Gasteiger partial charge >= 0.3 is 5.97 Å². The van der Waals surface area contributed by atoms with Crippen LogP contribution in [0.3, 0.4) is 0 Å². The molecule has 0 unspecified atom stereocenters. The molecule has 0 saturated heterocycles. The molecule has 1 heterocycles. The van der Waals surface area contributed by atoms with Crippen LogP contribution in [-0.2, 0) is 4.79 Å². The Balaban J connectivity index is 2.02. The number of carboxylic acids is 1. The summed E-state index contributed by atoms with van der Waals surface area (Å²) >= 11 is 0. The first-order valence-electron chi connectivity index (χ1n) is 8.99. The lowest BCUT2D eigenvalue weighted by molar-refractivity contribution is -0.131. The van der Waals surface area contributed by atoms with Gasteiger partial charge in [-0.1, -0.05) is 62.4 Å². The van der Waals surface area contributed by atoms with Gasteiger partial charge in [0.1, 0.15) is 5.75 Å². The van der Waals surface area contributed by atoms with Crippen LogP contribution in [0, 0.1) is 5.41 Å². The smallest absolute Gasteiger partial charge is 0.328 e. The zero-order valence-electron chi connectivity index (χ0n) is 15.9. The van der Waals surface area contributed by atoms with Gasteiger partial charge in [-0.2, -0.15) is 0 Å². The molecule has 138 valence electrons. The highest BCUT2D eigenvalue weighted by Crippen LogP contribution is 2.38. The monoisotopic (exact) mass is 360 g/mol. The number of benzene rings is 2. The Morgan fingerprint density at radius 1 is 1.11 bits per heavy atom. The molecule has 0 saturated carbocycles. The lowest BCUT2D eigenvalue weighted by atomic mass is 9.83. The minimum atomic E-state index is -0.938. The molecule has 0 spiro atoms. The molecule has 0 fully saturated rings. The second-order valence-corrected chi connectivity index (χ2v) is 7.45. The van der Waals surface area contributed by atoms with E-state index >= 15 is 0 Å². The Kier molecular flexibility index (Phi) is 5.31. The minimum Gasteiger partial charge on any atom is -0.492 e. The third kappa shape index (κ3) is 4.56. The standard InChI is InChI=1S/C24H24O3/c1-17(13-23(25)26)9-11-21-15-20-14-19(18-7-5-4-6-8-18)10-12-22(20)27-16-24(21,2)3/h4-15H,16H2,1-3H3,(H,25,26)/b11-9+,17-13+. The molecular formula is C24H24O3. The molecule has 0 radical (unpaired) electrons. The van der Waals surface area contributed by atoms with E-state index in [1.165, 1.54) is 6.08 Å². The van der Waals surface area contributed by atoms with Gasteiger partial charge in [0.25, 0.3) is 0 Å². The molecule has 1 aliphatic rings. The van der Waals surface area contributed by atoms with Crippen LogP contribution in [-0.4, -0.2) is 17.7 Å². The lowest BCUT2D eigenvalue weighted by Gasteiger charge is -2.24. The summed E-state index contributed by atoms with van der Waals surface area (Å²) < 4.78 is 6.06. The summed E-state index contributed by atoms with van der Waals surface area (Å²) in [5.74, 6) is -0.0728. The summed E-state index contributed by atoms with van der Waals surface area (Å²) in [4.78, 5) is 10.8. The van der Waals surface area contributed by atoms with Crippen molar-refractivity contribution in [2.45, 2.75) is 20.8 Å². The number of allylic oxidation sites excluding steroid dienone is 3. The van der Waals surface area contributed by atoms with Gasteiger partial charge in [0.2, 0.25) is 0 Å². The second kappa shape index (κ2) is 7.67. The average Bonchev–Trinajstić information content (AvgIpc) is 2.76. The Morgan fingerprint density at radius 3 is 2.56 bits per heavy atom. The normalized spacial score (nSPS) is 16.3. The molecule has 0 aromatic heterocycles. The van der Waals surface area contributed by atoms with E-state index in [9.17, 15) is 4.79 Å². The topological polar surface area (TPSA) is 46.5 Å². The van der Waals surface area contributed by atoms with Crippen LogP contribution in [0.5, 0.6) is 5.75 Å². The lowest BCUT2D eigenvalue weighted by Crippen LogP contribution is -2.21. The van der Waals surface area contributed by atoms with E-state index in [0.717, 1.165) is 28.0 Å². The number of rotatable bonds is 4. The van der Waals surface area contributed by atoms with Crippen molar-refractivity contribution in [1.29, 1.82) is 0 Å². The maximum atomic E-state index is 10.8. The van der Waals surface area contributed by atoms with Crippen molar-refractivity contribution >= 4 is 12.0 Å². The van der Waals surface area contributed by atoms with E-state index in [-0.39, 0.29) is 5.41 Å². The van der Waals surface area contributed by atoms with Crippen LogP contribution < -0.4 is 4.74 Å². The Morgan fingerprint density at radius 2 is 1.85 bits per heavy atom. The van der Waals surface area contributed by atoms with E-state index in [2.05, 4.69) is 44.2 Å². The molecule has 0 amide bonds. The Hall–Kier alpha value is -3.07. The van der Waals surface area contributed by atoms with Gasteiger partial charge in [-0.25, -0.2) is 4.79 Å². The largest absolute Gasteiger partial charge is 0.492 e. The van der Waals surface area contributed by atoms with Crippen molar-refractivity contribution in [2.75, 3.05) is 6.61 Å². The fourth-order valence-corrected chi connectivity index (χ4v) is 3.05. The van der Waals surface area contributed by atoms with Crippen molar-refractivity contribution in [3.63, 3.8) is 0 Å². The molecular weight excluding hydrogens is 336 g/mol. The molecule has 3 rings (SSSR count). The summed E-state index contributed by atoms with van der Waals surface area (Å²) in [6.45, 7) is 6.60. The van der Waals surface area contributed by atoms with Crippen LogP contribution in [0.1, 0.15) is 26.3 Å². The van der Waals surface area contributed by atoms with Crippen molar-refractivity contribution in [2.24, 2.45) is 5.41 Å². The molecule has 2 aromatic rings. The zero-order chi connectivity index (χ0) is 19.4. The fraction of sp³-hybridized carbons (Fsp3) is 0.208. The predicted octanol–water partition coefficient (Wildman–Crippen LogP) is 5.74. The van der Waals surface area contributed by atoms with Crippen molar-refractivity contribution in [3.05, 3.63) is 83.5 Å². The van der Waals surface area contributed by atoms with E-state index in [4.69, 9.17) is 9.84 Å². The molecule has 0 aliphatic carbocycles. The maximum Gasteiger partial charge on any atom is 0.328 e. The summed E-state index contributed by atoms with van der Waals surface area (Å²) in [7, 11) is 0. The molecule has 0 bridgehead atoms. The number of ether oxygens (including phenoxy) is 1. The van der Waals surface area contributed by atoms with Crippen LogP contribution in [0.15, 0.2) is 77.9 Å². The predicted molar refractivity (Wildman–Crippen MR) is 110 cm³/mol. The van der Waals surface area contributed by atoms with Gasteiger partial charge in [-0.15, -0.1) is 0 Å². The van der Waals surface area contributed by atoms with Gasteiger partial charge in [0.15, 0.2) is 0 Å². The first kappa shape index (κ1) is 18.7. The quantitative estimate of drug-likeness (QED) is 0.558. The molecule has 0 atom stereocenters. The summed E-state index contributed by atoms with van der Waals surface area (Å²) in [5, 5.41) is 8.89. The van der Waals surface area contributed by atoms with Gasteiger partial charge in [0, 0.05) is 17.1 Å². The van der Waals surface area contributed by atoms with E-state index in [1.807, 2.05) is 36.4 Å². The van der Waals surface area contributed by atoms with Crippen LogP contribution in [0.25, 0.3) is 17.2 Å². The maximum absolute atomic E-state index is 10.8. The minimum absolute atomic E-state index is 0.189. The van der Waals surface area contributed by atoms with Gasteiger partial charge in [-0.3, -0.25) is 0 Å². The van der Waals surface area contributed by atoms with Crippen molar-refractivity contribution in [3.8, 4) is 16.9 Å². The van der Waals surface area contributed by atoms with E-state index in [0.29, 0.717) is 12.2 Å². The molecule has 1 N–H and O–H groups in total. The Labute approximate surface area is 160 Å². The van der Waals surface area contributed by atoms with Crippen LogP contribution in [0.2, 0.25) is 0 Å². The number of carbonyl (C=O) groups is 1. The van der Waals surface area contributed by atoms with Gasteiger partial charge < -0.3 is 9.84 Å². The first-order chi connectivity index (χ1) is 12.8. The van der Waals surface area contributed by atoms with Crippen molar-refractivity contribution in [1.82, 2.24) is 0 Å². The number of fused-ring (bicyclic) bond motifs is 1. The number of hydrogen-bond acceptors (Lipinski definition) is 2. The highest BCUT2D eigenvalue weighted by atomic mass is 16.5. The number of aliphatic carboxylic acids is 1. The average molecular weight is 360 g/mol. The number of hydrogen-bond donors (Lipinski definition) is 1. The third-order valence-corrected chi connectivity index (χ3v) is 4.67. The summed E-state index contributed by atoms with van der Waals surface area (Å²) in [6.07, 6.45) is 7.17.